The summed E-state index contributed by atoms with van der Waals surface area (Å²) < 4.78 is 18.3. The number of hydrogen-bond acceptors (Lipinski definition) is 13. The van der Waals surface area contributed by atoms with Gasteiger partial charge in [0.05, 0.1) is 27.2 Å². The molecule has 0 spiro atoms. The summed E-state index contributed by atoms with van der Waals surface area (Å²) in [5, 5.41) is 58.0. The topological polar surface area (TPSA) is 151 Å². The van der Waals surface area contributed by atoms with Gasteiger partial charge in [-0.15, -0.1) is 0 Å². The summed E-state index contributed by atoms with van der Waals surface area (Å²) in [5.41, 5.74) is 15.7. The van der Waals surface area contributed by atoms with Gasteiger partial charge in [-0.3, -0.25) is 0 Å². The first kappa shape index (κ1) is 78.6. The second-order valence-electron chi connectivity index (χ2n) is 32.7. The van der Waals surface area contributed by atoms with Gasteiger partial charge in [-0.25, -0.2) is 4.39 Å². The van der Waals surface area contributed by atoms with Crippen LogP contribution in [0.15, 0.2) is 158 Å². The van der Waals surface area contributed by atoms with E-state index in [0.29, 0.717) is 91.4 Å². The largest absolute Gasteiger partial charge is 0.508 e. The number of halogens is 5. The number of piperidine rings is 4. The van der Waals surface area contributed by atoms with E-state index in [4.69, 9.17) is 51.1 Å². The Morgan fingerprint density at radius 1 is 0.364 bits per heavy atom. The number of methoxy groups -OCH3 is 1. The lowest BCUT2D eigenvalue weighted by Crippen LogP contribution is -2.66. The number of nitrogens with one attached hydrogen (secondary N) is 4. The van der Waals surface area contributed by atoms with Gasteiger partial charge in [0, 0.05) is 70.0 Å². The Kier molecular flexibility index (Phi) is 24.4. The fraction of sp³-hybridized carbons (Fsp3) is 0.461. The van der Waals surface area contributed by atoms with Gasteiger partial charge >= 0.3 is 0 Å². The van der Waals surface area contributed by atoms with E-state index in [1.807, 2.05) is 103 Å². The van der Waals surface area contributed by atoms with Crippen LogP contribution in [0.4, 0.5) is 4.39 Å². The molecule has 4 fully saturated rings. The van der Waals surface area contributed by atoms with Crippen molar-refractivity contribution in [1.82, 2.24) is 40.9 Å². The minimum absolute atomic E-state index is 0.0201. The number of ether oxygens (including phenoxy) is 1. The second-order valence-corrected chi connectivity index (χ2v) is 34.4. The molecule has 0 aromatic heterocycles. The molecule has 4 aliphatic heterocycles. The molecule has 4 heterocycles. The fourth-order valence-corrected chi connectivity index (χ4v) is 20.3. The maximum absolute atomic E-state index is 13.1. The molecule has 8 bridgehead atoms. The van der Waals surface area contributed by atoms with Crippen LogP contribution in [0.2, 0.25) is 20.1 Å². The monoisotopic (exact) mass is 1530 g/mol. The Balaban J connectivity index is 0.000000126. The molecule has 8 N–H and O–H groups in total. The van der Waals surface area contributed by atoms with Crippen LogP contribution in [0.1, 0.15) is 120 Å². The zero-order valence-corrected chi connectivity index (χ0v) is 66.7. The Hall–Kier alpha value is -6.47. The van der Waals surface area contributed by atoms with Crippen molar-refractivity contribution in [3.8, 4) is 28.7 Å². The van der Waals surface area contributed by atoms with E-state index in [2.05, 4.69) is 133 Å². The molecule has 570 valence electrons. The fourth-order valence-electron chi connectivity index (χ4n) is 19.7. The lowest BCUT2D eigenvalue weighted by Gasteiger charge is -2.55. The Labute approximate surface area is 654 Å². The van der Waals surface area contributed by atoms with Crippen LogP contribution < -0.4 is 26.0 Å². The van der Waals surface area contributed by atoms with Gasteiger partial charge in [-0.2, -0.15) is 0 Å². The molecular formula is C89H109Cl4FN8O5. The van der Waals surface area contributed by atoms with Gasteiger partial charge in [0.2, 0.25) is 0 Å². The molecule has 8 aromatic carbocycles. The first-order valence-electron chi connectivity index (χ1n) is 38.5. The van der Waals surface area contributed by atoms with Crippen molar-refractivity contribution in [2.75, 3.05) is 87.7 Å². The second kappa shape index (κ2) is 33.2. The van der Waals surface area contributed by atoms with E-state index >= 15 is 0 Å². The highest BCUT2D eigenvalue weighted by atomic mass is 35.5. The van der Waals surface area contributed by atoms with E-state index in [1.165, 1.54) is 73.3 Å². The summed E-state index contributed by atoms with van der Waals surface area (Å²) in [6, 6.07) is 53.7. The predicted octanol–water partition coefficient (Wildman–Crippen LogP) is 15.2. The summed E-state index contributed by atoms with van der Waals surface area (Å²) in [7, 11) is 10.6. The lowest BCUT2D eigenvalue weighted by atomic mass is 9.61. The van der Waals surface area contributed by atoms with Crippen LogP contribution in [0.25, 0.3) is 0 Å². The average Bonchev–Trinajstić information content (AvgIpc) is 0.751. The number of rotatable bonds is 17. The van der Waals surface area contributed by atoms with Crippen LogP contribution in [0, 0.1) is 5.82 Å². The molecule has 18 heteroatoms. The van der Waals surface area contributed by atoms with E-state index in [9.17, 15) is 24.8 Å². The highest BCUT2D eigenvalue weighted by molar-refractivity contribution is 6.42. The molecule has 0 amide bonds. The third-order valence-electron chi connectivity index (χ3n) is 26.2. The molecule has 8 aromatic rings. The first-order chi connectivity index (χ1) is 51.2. The molecule has 0 saturated carbocycles. The van der Waals surface area contributed by atoms with Gasteiger partial charge in [-0.05, 0) is 321 Å². The normalized spacial score (nSPS) is 27.5. The summed E-state index contributed by atoms with van der Waals surface area (Å²) >= 11 is 24.3. The number of aromatic hydroxyl groups is 4. The molecule has 0 radical (unpaired) electrons. The van der Waals surface area contributed by atoms with E-state index in [0.717, 1.165) is 141 Å². The van der Waals surface area contributed by atoms with Crippen molar-refractivity contribution >= 4 is 46.4 Å². The van der Waals surface area contributed by atoms with Crippen LogP contribution >= 0.6 is 46.4 Å². The molecular weight excluding hydrogens is 1420 g/mol. The minimum Gasteiger partial charge on any atom is -0.508 e. The number of phenols is 4. The van der Waals surface area contributed by atoms with Crippen molar-refractivity contribution in [1.29, 1.82) is 0 Å². The Morgan fingerprint density at radius 3 is 0.897 bits per heavy atom. The molecule has 4 saturated heterocycles. The molecule has 107 heavy (non-hydrogen) atoms. The standard InChI is InChI=1S/C23H30N2O2.2C22H26Cl2N2O.C22H27FN2O/c1-23-11-13-25(2)21(14-17-6-7-18(26)15-20(17)23)22(23)24-12-10-16-4-8-19(27-3)9-5-16;2*1-22-8-10-26(2)20(12-15-4-5-16(27)13-17(15)22)21(22)25-9-7-14-3-6-18(23)19(24)11-14;1-22-10-12-25(2)20(13-16-5-8-18(26)14-19(16)22)21(22)24-11-9-15-3-6-17(23)7-4-15/h4-9,15,21-22,24,26H,10-14H2,1-3H3;2*3-6,11,13,20-21,25,27H,7-10,12H2,1-2H3;3-8,14,20-21,24,26H,9-13H2,1-2H3/t21-,22+,23+;20-,21+,22+;20-,21-,22+;20-,21+,22+/m1111/s1. The summed E-state index contributed by atoms with van der Waals surface area (Å²) in [5.74, 6) is 2.17. The van der Waals surface area contributed by atoms with Crippen molar-refractivity contribution in [3.05, 3.63) is 250 Å². The smallest absolute Gasteiger partial charge is 0.123 e. The lowest BCUT2D eigenvalue weighted by molar-refractivity contribution is 0.0662. The van der Waals surface area contributed by atoms with Crippen molar-refractivity contribution in [2.45, 2.75) is 175 Å². The zero-order valence-electron chi connectivity index (χ0n) is 63.6. The summed E-state index contributed by atoms with van der Waals surface area (Å²) in [6.45, 7) is 17.3. The average molecular weight is 1530 g/mol. The van der Waals surface area contributed by atoms with Gasteiger partial charge in [0.1, 0.15) is 34.6 Å². The highest BCUT2D eigenvalue weighted by Crippen LogP contribution is 2.50. The van der Waals surface area contributed by atoms with Crippen LogP contribution in [0.5, 0.6) is 28.7 Å². The number of likely N-dealkylation sites (N-methyl/N-ethyl adjacent to an activating group) is 4. The van der Waals surface area contributed by atoms with E-state index < -0.39 is 0 Å². The number of phenolic OH excluding ortho intramolecular Hbond substituents is 4. The van der Waals surface area contributed by atoms with Gasteiger partial charge in [0.25, 0.3) is 0 Å². The van der Waals surface area contributed by atoms with Gasteiger partial charge in [0.15, 0.2) is 0 Å². The van der Waals surface area contributed by atoms with Crippen molar-refractivity contribution < 1.29 is 29.6 Å². The highest BCUT2D eigenvalue weighted by Gasteiger charge is 2.54. The van der Waals surface area contributed by atoms with Crippen molar-refractivity contribution in [2.24, 2.45) is 0 Å². The maximum atomic E-state index is 13.1. The maximum Gasteiger partial charge on any atom is 0.123 e. The number of benzene rings is 8. The predicted molar refractivity (Wildman–Crippen MR) is 435 cm³/mol. The third-order valence-corrected chi connectivity index (χ3v) is 27.7. The van der Waals surface area contributed by atoms with E-state index in [1.54, 1.807) is 13.2 Å². The van der Waals surface area contributed by atoms with E-state index in [-0.39, 0.29) is 27.5 Å². The first-order valence-corrected chi connectivity index (χ1v) is 40.1. The molecule has 12 atom stereocenters. The SMILES string of the molecule is CN1CC[C@@]2(C)c3cc(O)ccc3C[C@@H]1[C@@H]2NCCc1ccc(Cl)c(Cl)c1.CN1CC[C@@]2(C)c3cc(O)ccc3C[C@@H]1[C@@H]2NCCc1ccc(F)cc1.CN1CC[C@@]2(C)c3cc(O)ccc3C[C@@H]1[C@H]2NCCc1ccc(Cl)c(Cl)c1.COc1ccc(CCN[C@H]2[C@H]3Cc4ccc(O)cc4[C@]2(C)CCN3C)cc1. The number of hydrogen-bond donors (Lipinski definition) is 8. The van der Waals surface area contributed by atoms with Crippen LogP contribution in [0.3, 0.4) is 0 Å². The Morgan fingerprint density at radius 2 is 0.626 bits per heavy atom. The molecule has 4 aliphatic carbocycles. The summed E-state index contributed by atoms with van der Waals surface area (Å²) in [6.07, 6.45) is 12.1. The van der Waals surface area contributed by atoms with Crippen LogP contribution in [-0.4, -0.2) is 176 Å². The van der Waals surface area contributed by atoms with Gasteiger partial charge < -0.3 is 66.0 Å². The molecule has 16 rings (SSSR count). The minimum atomic E-state index is -0.186. The number of fused-ring (bicyclic) bond motifs is 16. The van der Waals surface area contributed by atoms with Gasteiger partial charge in [-0.1, -0.05) is 135 Å². The molecule has 13 nitrogen and oxygen atoms in total. The van der Waals surface area contributed by atoms with Crippen molar-refractivity contribution in [3.63, 3.8) is 0 Å². The number of nitrogens with zero attached hydrogens (tertiary/aromatic N) is 4. The molecule has 0 unspecified atom stereocenters. The third kappa shape index (κ3) is 16.8. The quantitative estimate of drug-likeness (QED) is 0.0437. The Bertz CT molecular complexity index is 4280. The number of likely N-dealkylation sites (tertiary alicyclic amines) is 4. The zero-order chi connectivity index (χ0) is 75.7. The molecule has 8 aliphatic rings. The van der Waals surface area contributed by atoms with Crippen LogP contribution in [-0.2, 0) is 73.0 Å². The summed E-state index contributed by atoms with van der Waals surface area (Å²) in [4.78, 5) is 9.93.